The van der Waals surface area contributed by atoms with Crippen LogP contribution in [0, 0.1) is 5.41 Å². The Kier molecular flexibility index (Phi) is 4.42. The second-order valence-corrected chi connectivity index (χ2v) is 6.51. The van der Waals surface area contributed by atoms with E-state index in [1.54, 1.807) is 0 Å². The van der Waals surface area contributed by atoms with Crippen LogP contribution in [0.5, 0.6) is 0 Å². The molecule has 0 radical (unpaired) electrons. The summed E-state index contributed by atoms with van der Waals surface area (Å²) in [4.78, 5) is 16.0. The summed E-state index contributed by atoms with van der Waals surface area (Å²) in [5.74, 6) is 1.63. The van der Waals surface area contributed by atoms with Gasteiger partial charge in [0, 0.05) is 25.3 Å². The Balaban J connectivity index is 1.69. The van der Waals surface area contributed by atoms with Crippen molar-refractivity contribution in [3.63, 3.8) is 0 Å². The fourth-order valence-corrected chi connectivity index (χ4v) is 1.70. The van der Waals surface area contributed by atoms with Gasteiger partial charge in [0.05, 0.1) is 6.10 Å². The van der Waals surface area contributed by atoms with Gasteiger partial charge in [-0.05, 0) is 18.3 Å². The number of aromatic nitrogens is 2. The number of nitrogens with zero attached hydrogens (tertiary/aromatic N) is 2. The van der Waals surface area contributed by atoms with Gasteiger partial charge in [-0.1, -0.05) is 25.9 Å². The van der Waals surface area contributed by atoms with Crippen LogP contribution in [-0.4, -0.2) is 33.8 Å². The fraction of sp³-hybridized carbons (Fsp3) is 0.786. The van der Waals surface area contributed by atoms with E-state index in [-0.39, 0.29) is 17.9 Å². The highest BCUT2D eigenvalue weighted by Crippen LogP contribution is 2.38. The summed E-state index contributed by atoms with van der Waals surface area (Å²) in [5, 5.41) is 16.5. The lowest BCUT2D eigenvalue weighted by Crippen LogP contribution is -2.39. The number of carbonyl (C=O) groups is 1. The van der Waals surface area contributed by atoms with Gasteiger partial charge >= 0.3 is 0 Å². The van der Waals surface area contributed by atoms with Crippen molar-refractivity contribution in [3.8, 4) is 0 Å². The SMILES string of the molecule is CC(C)(C)C(O)CNC(=O)CCc1nc(C2CC2)no1. The van der Waals surface area contributed by atoms with Crippen LogP contribution in [0.4, 0.5) is 0 Å². The maximum Gasteiger partial charge on any atom is 0.227 e. The van der Waals surface area contributed by atoms with Gasteiger partial charge in [-0.3, -0.25) is 4.79 Å². The summed E-state index contributed by atoms with van der Waals surface area (Å²) >= 11 is 0. The molecular formula is C14H23N3O3. The molecule has 0 bridgehead atoms. The lowest BCUT2D eigenvalue weighted by Gasteiger charge is -2.25. The molecule has 1 unspecified atom stereocenters. The molecule has 1 aromatic rings. The third kappa shape index (κ3) is 4.30. The first-order chi connectivity index (χ1) is 9.36. The summed E-state index contributed by atoms with van der Waals surface area (Å²) in [6.07, 6.45) is 2.44. The van der Waals surface area contributed by atoms with Crippen molar-refractivity contribution >= 4 is 5.91 Å². The number of aliphatic hydroxyl groups is 1. The van der Waals surface area contributed by atoms with Gasteiger partial charge in [0.25, 0.3) is 0 Å². The quantitative estimate of drug-likeness (QED) is 0.823. The molecule has 112 valence electrons. The molecule has 1 amide bonds. The van der Waals surface area contributed by atoms with Gasteiger partial charge in [-0.25, -0.2) is 0 Å². The third-order valence-electron chi connectivity index (χ3n) is 3.48. The van der Waals surface area contributed by atoms with E-state index in [1.807, 2.05) is 20.8 Å². The molecule has 1 fully saturated rings. The zero-order valence-electron chi connectivity index (χ0n) is 12.3. The van der Waals surface area contributed by atoms with Crippen LogP contribution in [0.1, 0.15) is 57.7 Å². The molecular weight excluding hydrogens is 258 g/mol. The minimum Gasteiger partial charge on any atom is -0.391 e. The zero-order chi connectivity index (χ0) is 14.8. The zero-order valence-corrected chi connectivity index (χ0v) is 12.3. The minimum atomic E-state index is -0.559. The van der Waals surface area contributed by atoms with Crippen LogP contribution in [-0.2, 0) is 11.2 Å². The molecule has 2 N–H and O–H groups in total. The van der Waals surface area contributed by atoms with Gasteiger partial charge in [0.15, 0.2) is 5.82 Å². The monoisotopic (exact) mass is 281 g/mol. The number of amides is 1. The third-order valence-corrected chi connectivity index (χ3v) is 3.48. The largest absolute Gasteiger partial charge is 0.391 e. The Bertz CT molecular complexity index is 460. The van der Waals surface area contributed by atoms with E-state index in [0.717, 1.165) is 18.7 Å². The summed E-state index contributed by atoms with van der Waals surface area (Å²) in [6.45, 7) is 6.06. The Morgan fingerprint density at radius 2 is 2.20 bits per heavy atom. The average molecular weight is 281 g/mol. The lowest BCUT2D eigenvalue weighted by molar-refractivity contribution is -0.121. The smallest absolute Gasteiger partial charge is 0.227 e. The highest BCUT2D eigenvalue weighted by Gasteiger charge is 2.28. The first kappa shape index (κ1) is 15.0. The lowest BCUT2D eigenvalue weighted by atomic mass is 9.89. The molecule has 1 aliphatic carbocycles. The van der Waals surface area contributed by atoms with Crippen molar-refractivity contribution in [2.75, 3.05) is 6.54 Å². The second kappa shape index (κ2) is 5.91. The molecule has 1 saturated carbocycles. The van der Waals surface area contributed by atoms with Crippen molar-refractivity contribution in [1.82, 2.24) is 15.5 Å². The molecule has 6 nitrogen and oxygen atoms in total. The molecule has 0 aromatic carbocycles. The van der Waals surface area contributed by atoms with E-state index in [1.165, 1.54) is 0 Å². The highest BCUT2D eigenvalue weighted by atomic mass is 16.5. The molecule has 1 atom stereocenters. The number of hydrogen-bond acceptors (Lipinski definition) is 5. The van der Waals surface area contributed by atoms with Crippen LogP contribution in [0.15, 0.2) is 4.52 Å². The summed E-state index contributed by atoms with van der Waals surface area (Å²) in [7, 11) is 0. The van der Waals surface area contributed by atoms with Crippen molar-refractivity contribution in [1.29, 1.82) is 0 Å². The predicted molar refractivity (Wildman–Crippen MR) is 73.1 cm³/mol. The standard InChI is InChI=1S/C14H23N3O3/c1-14(2,3)10(18)8-15-11(19)6-7-12-16-13(17-20-12)9-4-5-9/h9-10,18H,4-8H2,1-3H3,(H,15,19). The maximum absolute atomic E-state index is 11.7. The first-order valence-corrected chi connectivity index (χ1v) is 7.13. The van der Waals surface area contributed by atoms with Crippen LogP contribution in [0.2, 0.25) is 0 Å². The number of rotatable bonds is 6. The number of hydrogen-bond donors (Lipinski definition) is 2. The van der Waals surface area contributed by atoms with Gasteiger partial charge in [-0.15, -0.1) is 0 Å². The number of aliphatic hydroxyl groups excluding tert-OH is 1. The van der Waals surface area contributed by atoms with Crippen molar-refractivity contribution in [2.24, 2.45) is 5.41 Å². The van der Waals surface area contributed by atoms with Crippen LogP contribution in [0.3, 0.4) is 0 Å². The molecule has 6 heteroatoms. The predicted octanol–water partition coefficient (Wildman–Crippen LogP) is 1.40. The minimum absolute atomic E-state index is 0.112. The molecule has 1 heterocycles. The van der Waals surface area contributed by atoms with E-state index in [4.69, 9.17) is 4.52 Å². The van der Waals surface area contributed by atoms with Gasteiger partial charge in [0.1, 0.15) is 0 Å². The van der Waals surface area contributed by atoms with Crippen molar-refractivity contribution < 1.29 is 14.4 Å². The van der Waals surface area contributed by atoms with Crippen LogP contribution in [0.25, 0.3) is 0 Å². The molecule has 20 heavy (non-hydrogen) atoms. The molecule has 1 aromatic heterocycles. The Labute approximate surface area is 118 Å². The second-order valence-electron chi connectivity index (χ2n) is 6.51. The molecule has 2 rings (SSSR count). The summed E-state index contributed by atoms with van der Waals surface area (Å²) in [6, 6.07) is 0. The number of aryl methyl sites for hydroxylation is 1. The molecule has 1 aliphatic rings. The Morgan fingerprint density at radius 1 is 1.50 bits per heavy atom. The summed E-state index contributed by atoms with van der Waals surface area (Å²) < 4.78 is 5.11. The summed E-state index contributed by atoms with van der Waals surface area (Å²) in [5.41, 5.74) is -0.237. The maximum atomic E-state index is 11.7. The Hall–Kier alpha value is -1.43. The Morgan fingerprint density at radius 3 is 2.80 bits per heavy atom. The highest BCUT2D eigenvalue weighted by molar-refractivity contribution is 5.76. The van der Waals surface area contributed by atoms with Gasteiger partial charge in [0.2, 0.25) is 11.8 Å². The van der Waals surface area contributed by atoms with E-state index >= 15 is 0 Å². The molecule has 0 spiro atoms. The molecule has 0 saturated heterocycles. The fourth-order valence-electron chi connectivity index (χ4n) is 1.70. The van der Waals surface area contributed by atoms with E-state index in [9.17, 15) is 9.90 Å². The molecule has 0 aliphatic heterocycles. The van der Waals surface area contributed by atoms with E-state index in [2.05, 4.69) is 15.5 Å². The van der Waals surface area contributed by atoms with Gasteiger partial charge in [-0.2, -0.15) is 4.98 Å². The van der Waals surface area contributed by atoms with Crippen LogP contribution < -0.4 is 5.32 Å². The van der Waals surface area contributed by atoms with Crippen LogP contribution >= 0.6 is 0 Å². The average Bonchev–Trinajstić information content (AvgIpc) is 3.12. The van der Waals surface area contributed by atoms with E-state index < -0.39 is 6.10 Å². The van der Waals surface area contributed by atoms with Gasteiger partial charge < -0.3 is 14.9 Å². The van der Waals surface area contributed by atoms with Crippen molar-refractivity contribution in [2.45, 2.75) is 58.5 Å². The number of nitrogens with one attached hydrogen (secondary N) is 1. The first-order valence-electron chi connectivity index (χ1n) is 7.13. The van der Waals surface area contributed by atoms with E-state index in [0.29, 0.717) is 24.7 Å². The normalized spacial score (nSPS) is 17.0. The topological polar surface area (TPSA) is 88.2 Å². The van der Waals surface area contributed by atoms with Crippen molar-refractivity contribution in [3.05, 3.63) is 11.7 Å². The number of carbonyl (C=O) groups excluding carboxylic acids is 1.